The van der Waals surface area contributed by atoms with E-state index in [1.54, 1.807) is 31.4 Å². The fraction of sp³-hybridized carbons (Fsp3) is 0.0426. The lowest BCUT2D eigenvalue weighted by Crippen LogP contribution is -2.41. The minimum Gasteiger partial charge on any atom is -0.508 e. The molecule has 0 spiro atoms. The van der Waals surface area contributed by atoms with Gasteiger partial charge in [-0.2, -0.15) is 9.97 Å². The van der Waals surface area contributed by atoms with E-state index in [4.69, 9.17) is 4.98 Å². The van der Waals surface area contributed by atoms with Gasteiger partial charge < -0.3 is 102 Å². The topological polar surface area (TPSA) is 433 Å². The summed E-state index contributed by atoms with van der Waals surface area (Å²) in [6.45, 7) is 2.46. The van der Waals surface area contributed by atoms with Crippen molar-refractivity contribution >= 4 is 150 Å². The SMILES string of the molecule is Bc1c(B)c(-c2c(B)c(B)c(-c3nc(-c4c(O)c(O)c(O)c(O)c4O)nc(-n4c5c(O)c(B)c(O)c(O)c5c5c(O)c(O)c6c7c(B)c(O)c(O)c(C)c7n(-c7c(C)c(O)c(O)c(O)c7O)c6c54)n3)c(O)c2B)c(B)c(O)c1O. The number of hydrogen-bond acceptors (Lipinski definition) is 22. The third kappa shape index (κ3) is 6.44. The number of aryl methyl sites for hydroxylation is 1. The monoisotopic (exact) mass is 1070 g/mol. The maximum absolute atomic E-state index is 12.5. The van der Waals surface area contributed by atoms with Gasteiger partial charge in [0.05, 0.1) is 44.0 Å². The van der Waals surface area contributed by atoms with Crippen LogP contribution in [0.25, 0.3) is 89.2 Å². The molecule has 0 aliphatic rings. The van der Waals surface area contributed by atoms with Crippen LogP contribution in [0, 0.1) is 13.8 Å². The zero-order chi connectivity index (χ0) is 58.3. The number of phenols is 19. The minimum absolute atomic E-state index is 0.132. The number of aromatic nitrogens is 5. The second-order valence-corrected chi connectivity index (χ2v) is 19.6. The third-order valence-electron chi connectivity index (χ3n) is 15.6. The van der Waals surface area contributed by atoms with Gasteiger partial charge in [-0.1, -0.05) is 16.4 Å². The first-order chi connectivity index (χ1) is 36.9. The third-order valence-corrected chi connectivity index (χ3v) is 15.6. The Labute approximate surface area is 449 Å². The number of fused-ring (bicyclic) bond motifs is 7. The minimum atomic E-state index is -1.40. The summed E-state index contributed by atoms with van der Waals surface area (Å²) in [5, 5.41) is 216. The van der Waals surface area contributed by atoms with Gasteiger partial charge in [0.25, 0.3) is 0 Å². The molecule has 3 aromatic heterocycles. The smallest absolute Gasteiger partial charge is 0.239 e. The van der Waals surface area contributed by atoms with Crippen LogP contribution in [-0.4, -0.2) is 184 Å². The lowest BCUT2D eigenvalue weighted by molar-refractivity contribution is 0.329. The van der Waals surface area contributed by atoms with Gasteiger partial charge in [0.1, 0.15) is 91.1 Å². The molecule has 0 atom stereocenters. The Morgan fingerprint density at radius 3 is 1.20 bits per heavy atom. The maximum Gasteiger partial charge on any atom is 0.239 e. The van der Waals surface area contributed by atoms with E-state index in [0.717, 1.165) is 17.0 Å². The highest BCUT2D eigenvalue weighted by Crippen LogP contribution is 2.59. The first kappa shape index (κ1) is 52.3. The van der Waals surface area contributed by atoms with Crippen LogP contribution in [0.4, 0.5) is 0 Å². The quantitative estimate of drug-likeness (QED) is 0.0432. The van der Waals surface area contributed by atoms with Gasteiger partial charge in [0.15, 0.2) is 74.9 Å². The van der Waals surface area contributed by atoms with Gasteiger partial charge in [-0.05, 0) is 52.3 Å². The maximum atomic E-state index is 12.5. The molecule has 32 heteroatoms. The van der Waals surface area contributed by atoms with Crippen LogP contribution in [0.3, 0.4) is 0 Å². The van der Waals surface area contributed by atoms with Crippen LogP contribution >= 0.6 is 0 Å². The number of rotatable bonds is 5. The molecule has 0 bridgehead atoms. The molecule has 0 aliphatic heterocycles. The number of benzene rings is 7. The number of aromatic hydroxyl groups is 19. The molecule has 19 N–H and O–H groups in total. The van der Waals surface area contributed by atoms with Crippen molar-refractivity contribution in [3.05, 3.63) is 11.1 Å². The lowest BCUT2D eigenvalue weighted by atomic mass is 9.63. The zero-order valence-corrected chi connectivity index (χ0v) is 43.2. The fourth-order valence-corrected chi connectivity index (χ4v) is 11.0. The summed E-state index contributed by atoms with van der Waals surface area (Å²) in [6, 6.07) is 0. The number of phenolic OH excluding ortho intramolecular Hbond substituents is 19. The van der Waals surface area contributed by atoms with Gasteiger partial charge in [-0.25, -0.2) is 4.98 Å². The van der Waals surface area contributed by atoms with Crippen molar-refractivity contribution in [1.29, 1.82) is 0 Å². The summed E-state index contributed by atoms with van der Waals surface area (Å²) < 4.78 is 1.89. The molecule has 0 fully saturated rings. The standard InChI is InChI=1S/C47H41B8N5O19/c1-3-21-7(18(53)35(70)26(3)61)8-23(59(21)22-4(2)27(62)40(75)43(78)39(22)74)24-9(30(65)29(8)64)10-25(34(69)20(55)38(73)31(10)66)60(24)47-57-45(56-46(58-47)12-32(67)41(76)44(79)42(77)33(12)68)11-15(50)13(48)5(16(51)28(11)63)6-14(49)19(54)37(72)36(71)17(6)52/h61-79H,48-55H2,1-2H3. The van der Waals surface area contributed by atoms with Crippen LogP contribution in [0.1, 0.15) is 11.1 Å². The molecule has 0 saturated carbocycles. The number of hydrogen-bond donors (Lipinski definition) is 19. The van der Waals surface area contributed by atoms with Crippen molar-refractivity contribution in [2.45, 2.75) is 13.8 Å². The Balaban J connectivity index is 1.52. The molecule has 79 heavy (non-hydrogen) atoms. The molecule has 0 radical (unpaired) electrons. The first-order valence-electron chi connectivity index (χ1n) is 23.7. The van der Waals surface area contributed by atoms with Gasteiger partial charge >= 0.3 is 0 Å². The Morgan fingerprint density at radius 1 is 0.253 bits per heavy atom. The van der Waals surface area contributed by atoms with Crippen LogP contribution in [-0.2, 0) is 0 Å². The summed E-state index contributed by atoms with van der Waals surface area (Å²) in [5.41, 5.74) is -2.37. The summed E-state index contributed by atoms with van der Waals surface area (Å²) in [4.78, 5) is 13.8. The Bertz CT molecular complexity index is 4450. The van der Waals surface area contributed by atoms with E-state index in [9.17, 15) is 97.0 Å². The van der Waals surface area contributed by atoms with Crippen molar-refractivity contribution in [2.24, 2.45) is 0 Å². The molecule has 24 nitrogen and oxygen atoms in total. The summed E-state index contributed by atoms with van der Waals surface area (Å²) in [7, 11) is 12.0. The molecule has 0 amide bonds. The highest BCUT2D eigenvalue weighted by atomic mass is 16.4. The zero-order valence-electron chi connectivity index (χ0n) is 43.2. The lowest BCUT2D eigenvalue weighted by Gasteiger charge is -2.25. The van der Waals surface area contributed by atoms with Gasteiger partial charge in [-0.3, -0.25) is 4.57 Å². The Hall–Kier alpha value is -10.1. The van der Waals surface area contributed by atoms with Crippen LogP contribution in [0.2, 0.25) is 0 Å². The predicted octanol–water partition coefficient (Wildman–Crippen LogP) is -7.84. The Morgan fingerprint density at radius 2 is 0.633 bits per heavy atom. The predicted molar refractivity (Wildman–Crippen MR) is 311 cm³/mol. The van der Waals surface area contributed by atoms with Crippen molar-refractivity contribution in [1.82, 2.24) is 24.1 Å². The van der Waals surface area contributed by atoms with E-state index in [2.05, 4.69) is 9.97 Å². The van der Waals surface area contributed by atoms with Gasteiger partial charge in [-0.15, -0.1) is 0 Å². The fourth-order valence-electron chi connectivity index (χ4n) is 11.0. The van der Waals surface area contributed by atoms with Gasteiger partial charge in [0.2, 0.25) is 34.7 Å². The Kier molecular flexibility index (Phi) is 11.2. The summed E-state index contributed by atoms with van der Waals surface area (Å²) in [6.07, 6.45) is 0. The molecular weight excluding hydrogens is 1030 g/mol. The van der Waals surface area contributed by atoms with E-state index < -0.39 is 176 Å². The highest BCUT2D eigenvalue weighted by molar-refractivity contribution is 6.61. The van der Waals surface area contributed by atoms with Crippen LogP contribution < -0.4 is 43.7 Å². The second-order valence-electron chi connectivity index (χ2n) is 19.6. The van der Waals surface area contributed by atoms with E-state index in [1.165, 1.54) is 37.4 Å². The van der Waals surface area contributed by atoms with Crippen molar-refractivity contribution < 1.29 is 97.0 Å². The molecule has 0 saturated heterocycles. The normalized spacial score (nSPS) is 11.8. The van der Waals surface area contributed by atoms with E-state index in [-0.39, 0.29) is 49.6 Å². The van der Waals surface area contributed by atoms with Gasteiger partial charge in [0, 0.05) is 16.5 Å². The number of nitrogens with zero attached hydrogens (tertiary/aromatic N) is 5. The molecule has 392 valence electrons. The average molecular weight is 1070 g/mol. The highest BCUT2D eigenvalue weighted by Gasteiger charge is 2.38. The summed E-state index contributed by atoms with van der Waals surface area (Å²) in [5.74, 6) is -21.8. The van der Waals surface area contributed by atoms with Crippen LogP contribution in [0.5, 0.6) is 109 Å². The molecule has 0 aliphatic carbocycles. The molecule has 0 unspecified atom stereocenters. The molecular formula is C47H41B8N5O19. The first-order valence-corrected chi connectivity index (χ1v) is 23.7. The van der Waals surface area contributed by atoms with E-state index in [0.29, 0.717) is 27.5 Å². The molecule has 10 aromatic rings. The molecule has 3 heterocycles. The van der Waals surface area contributed by atoms with Crippen molar-refractivity contribution in [3.8, 4) is 155 Å². The van der Waals surface area contributed by atoms with Crippen molar-refractivity contribution in [3.63, 3.8) is 0 Å². The van der Waals surface area contributed by atoms with E-state index >= 15 is 0 Å². The average Bonchev–Trinajstić information content (AvgIpc) is 2.49. The largest absolute Gasteiger partial charge is 0.508 e. The van der Waals surface area contributed by atoms with Crippen LogP contribution in [0.15, 0.2) is 0 Å². The van der Waals surface area contributed by atoms with E-state index in [1.807, 2.05) is 0 Å². The molecule has 10 rings (SSSR count). The summed E-state index contributed by atoms with van der Waals surface area (Å²) >= 11 is 0. The molecule has 7 aromatic carbocycles. The second kappa shape index (κ2) is 16.9. The van der Waals surface area contributed by atoms with Crippen molar-refractivity contribution in [2.75, 3.05) is 0 Å².